The molecule has 1 N–H and O–H groups in total. The van der Waals surface area contributed by atoms with Crippen LogP contribution in [0.1, 0.15) is 37.7 Å². The summed E-state index contributed by atoms with van der Waals surface area (Å²) in [6.07, 6.45) is -0.384. The number of halogens is 3. The monoisotopic (exact) mass is 340 g/mol. The topological polar surface area (TPSA) is 58.9 Å². The minimum atomic E-state index is -4.69. The number of hydrogen-bond acceptors (Lipinski definition) is 2. The molecule has 1 saturated carbocycles. The van der Waals surface area contributed by atoms with E-state index in [0.717, 1.165) is 6.42 Å². The molecular weight excluding hydrogens is 321 g/mol. The molecule has 7 heteroatoms. The van der Waals surface area contributed by atoms with Gasteiger partial charge in [0.05, 0.1) is 0 Å². The van der Waals surface area contributed by atoms with Gasteiger partial charge in [0, 0.05) is 22.0 Å². The molecule has 1 aliphatic rings. The first-order valence-electron chi connectivity index (χ1n) is 8.11. The Labute approximate surface area is 137 Å². The second-order valence-corrected chi connectivity index (χ2v) is 6.54. The van der Waals surface area contributed by atoms with Crippen LogP contribution in [0, 0.1) is 16.0 Å². The molecule has 0 spiro atoms. The average molecular weight is 340 g/mol. The fourth-order valence-electron chi connectivity index (χ4n) is 4.15. The number of nitrogens with zero attached hydrogens (tertiary/aromatic N) is 1. The molecule has 2 aromatic rings. The van der Waals surface area contributed by atoms with E-state index in [9.17, 15) is 23.3 Å². The largest absolute Gasteiger partial charge is 0.405 e. The lowest BCUT2D eigenvalue weighted by molar-refractivity contribution is -0.505. The molecule has 0 unspecified atom stereocenters. The number of aromatic amines is 1. The number of benzene rings is 1. The molecule has 0 saturated heterocycles. The van der Waals surface area contributed by atoms with E-state index in [1.807, 2.05) is 0 Å². The fourth-order valence-corrected chi connectivity index (χ4v) is 4.15. The predicted octanol–water partition coefficient (Wildman–Crippen LogP) is 4.83. The van der Waals surface area contributed by atoms with E-state index < -0.39 is 29.0 Å². The smallest absolute Gasteiger partial charge is 0.361 e. The van der Waals surface area contributed by atoms with Crippen molar-refractivity contribution < 1.29 is 18.1 Å². The van der Waals surface area contributed by atoms with Gasteiger partial charge in [-0.2, -0.15) is 13.2 Å². The van der Waals surface area contributed by atoms with Gasteiger partial charge in [-0.1, -0.05) is 37.5 Å². The number of aromatic nitrogens is 1. The number of para-hydroxylation sites is 1. The number of H-pyrrole nitrogens is 1. The van der Waals surface area contributed by atoms with Crippen molar-refractivity contribution in [2.75, 3.05) is 6.54 Å². The van der Waals surface area contributed by atoms with Gasteiger partial charge in [0.2, 0.25) is 6.54 Å². The first-order chi connectivity index (χ1) is 11.4. The second-order valence-electron chi connectivity index (χ2n) is 6.54. The molecule has 3 rings (SSSR count). The minimum Gasteiger partial charge on any atom is -0.361 e. The number of alkyl halides is 3. The van der Waals surface area contributed by atoms with Gasteiger partial charge in [0.1, 0.15) is 0 Å². The van der Waals surface area contributed by atoms with Crippen molar-refractivity contribution in [3.05, 3.63) is 46.1 Å². The van der Waals surface area contributed by atoms with Crippen molar-refractivity contribution in [1.82, 2.24) is 4.98 Å². The molecule has 1 aromatic heterocycles. The van der Waals surface area contributed by atoms with Gasteiger partial charge in [-0.3, -0.25) is 10.1 Å². The highest BCUT2D eigenvalue weighted by Crippen LogP contribution is 2.53. The van der Waals surface area contributed by atoms with Crippen molar-refractivity contribution in [2.24, 2.45) is 5.92 Å². The molecule has 0 aliphatic heterocycles. The Kier molecular flexibility index (Phi) is 4.27. The second kappa shape index (κ2) is 6.11. The number of rotatable bonds is 4. The van der Waals surface area contributed by atoms with Crippen LogP contribution < -0.4 is 0 Å². The third-order valence-corrected chi connectivity index (χ3v) is 5.26. The summed E-state index contributed by atoms with van der Waals surface area (Å²) < 4.78 is 42.9. The highest BCUT2D eigenvalue weighted by atomic mass is 19.4. The van der Waals surface area contributed by atoms with Crippen molar-refractivity contribution >= 4 is 10.9 Å². The molecular formula is C17H19F3N2O2. The summed E-state index contributed by atoms with van der Waals surface area (Å²) in [6.45, 7) is -1.12. The summed E-state index contributed by atoms with van der Waals surface area (Å²) in [5, 5.41) is 11.6. The molecule has 0 radical (unpaired) electrons. The number of nitrogens with one attached hydrogen (secondary N) is 1. The van der Waals surface area contributed by atoms with Gasteiger partial charge in [0.15, 0.2) is 5.41 Å². The van der Waals surface area contributed by atoms with Gasteiger partial charge >= 0.3 is 6.18 Å². The quantitative estimate of drug-likeness (QED) is 0.640. The normalized spacial score (nSPS) is 19.3. The van der Waals surface area contributed by atoms with Crippen LogP contribution >= 0.6 is 0 Å². The Morgan fingerprint density at radius 1 is 1.17 bits per heavy atom. The fraction of sp³-hybridized carbons (Fsp3) is 0.529. The lowest BCUT2D eigenvalue weighted by atomic mass is 9.64. The van der Waals surface area contributed by atoms with E-state index in [4.69, 9.17) is 0 Å². The molecule has 24 heavy (non-hydrogen) atoms. The molecule has 0 amide bonds. The van der Waals surface area contributed by atoms with Crippen LogP contribution in [-0.2, 0) is 5.41 Å². The van der Waals surface area contributed by atoms with E-state index >= 15 is 0 Å². The number of fused-ring (bicyclic) bond motifs is 1. The maximum Gasteiger partial charge on any atom is 0.405 e. The Morgan fingerprint density at radius 3 is 2.46 bits per heavy atom. The summed E-state index contributed by atoms with van der Waals surface area (Å²) in [4.78, 5) is 13.3. The zero-order valence-electron chi connectivity index (χ0n) is 13.1. The van der Waals surface area contributed by atoms with E-state index in [0.29, 0.717) is 36.6 Å². The third kappa shape index (κ3) is 2.65. The summed E-state index contributed by atoms with van der Waals surface area (Å²) in [6, 6.07) is 6.68. The first kappa shape index (κ1) is 16.8. The van der Waals surface area contributed by atoms with E-state index in [1.165, 1.54) is 6.20 Å². The molecule has 1 atom stereocenters. The molecule has 1 aliphatic carbocycles. The maximum atomic E-state index is 14.3. The minimum absolute atomic E-state index is 0.00852. The molecule has 4 nitrogen and oxygen atoms in total. The Morgan fingerprint density at radius 2 is 1.83 bits per heavy atom. The van der Waals surface area contributed by atoms with Crippen LogP contribution in [0.3, 0.4) is 0 Å². The maximum absolute atomic E-state index is 14.3. The number of nitro groups is 1. The first-order valence-corrected chi connectivity index (χ1v) is 8.11. The zero-order chi connectivity index (χ0) is 17.4. The Balaban J connectivity index is 2.24. The lowest BCUT2D eigenvalue weighted by Gasteiger charge is -2.41. The van der Waals surface area contributed by atoms with E-state index in [-0.39, 0.29) is 5.56 Å². The summed E-state index contributed by atoms with van der Waals surface area (Å²) >= 11 is 0. The summed E-state index contributed by atoms with van der Waals surface area (Å²) in [7, 11) is 0. The van der Waals surface area contributed by atoms with Gasteiger partial charge in [0.25, 0.3) is 0 Å². The van der Waals surface area contributed by atoms with Gasteiger partial charge in [-0.05, 0) is 30.4 Å². The predicted molar refractivity (Wildman–Crippen MR) is 84.5 cm³/mol. The average Bonchev–Trinajstić information content (AvgIpc) is 2.96. The molecule has 1 heterocycles. The van der Waals surface area contributed by atoms with Gasteiger partial charge in [-0.25, -0.2) is 0 Å². The summed E-state index contributed by atoms with van der Waals surface area (Å²) in [5.41, 5.74) is -1.87. The van der Waals surface area contributed by atoms with Crippen LogP contribution in [0.2, 0.25) is 0 Å². The van der Waals surface area contributed by atoms with Crippen molar-refractivity contribution in [3.8, 4) is 0 Å². The van der Waals surface area contributed by atoms with E-state index in [1.54, 1.807) is 24.3 Å². The van der Waals surface area contributed by atoms with Crippen LogP contribution in [0.5, 0.6) is 0 Å². The van der Waals surface area contributed by atoms with Crippen LogP contribution in [0.4, 0.5) is 13.2 Å². The molecule has 1 fully saturated rings. The van der Waals surface area contributed by atoms with Crippen molar-refractivity contribution in [1.29, 1.82) is 0 Å². The molecule has 130 valence electrons. The highest BCUT2D eigenvalue weighted by Gasteiger charge is 2.64. The molecule has 1 aromatic carbocycles. The Bertz CT molecular complexity index is 735. The van der Waals surface area contributed by atoms with Crippen LogP contribution in [-0.4, -0.2) is 22.6 Å². The zero-order valence-corrected chi connectivity index (χ0v) is 13.1. The van der Waals surface area contributed by atoms with Crippen LogP contribution in [0.25, 0.3) is 10.9 Å². The van der Waals surface area contributed by atoms with Gasteiger partial charge in [-0.15, -0.1) is 0 Å². The highest BCUT2D eigenvalue weighted by molar-refractivity contribution is 5.84. The number of hydrogen-bond donors (Lipinski definition) is 1. The standard InChI is InChI=1S/C17H19F3N2O2/c18-17(19,20)16(11-22(23)24,12-6-2-1-3-7-12)14-10-21-15-9-5-4-8-13(14)15/h4-5,8-10,12,21H,1-3,6-7,11H2/t16-/m0/s1. The van der Waals surface area contributed by atoms with Crippen molar-refractivity contribution in [2.45, 2.75) is 43.7 Å². The SMILES string of the molecule is O=[N+]([O-])C[C@@](c1c[nH]c2ccccc12)(C1CCCCC1)C(F)(F)F. The van der Waals surface area contributed by atoms with Crippen molar-refractivity contribution in [3.63, 3.8) is 0 Å². The van der Waals surface area contributed by atoms with Crippen LogP contribution in [0.15, 0.2) is 30.5 Å². The lowest BCUT2D eigenvalue weighted by Crippen LogP contribution is -2.53. The molecule has 0 bridgehead atoms. The third-order valence-electron chi connectivity index (χ3n) is 5.26. The van der Waals surface area contributed by atoms with E-state index in [2.05, 4.69) is 4.98 Å². The Hall–Kier alpha value is -2.05. The van der Waals surface area contributed by atoms with Gasteiger partial charge < -0.3 is 4.98 Å². The summed E-state index contributed by atoms with van der Waals surface area (Å²) in [5.74, 6) is -0.768.